The smallest absolute Gasteiger partial charge is 0.404 e. The maximum atomic E-state index is 13.7. The minimum Gasteiger partial charge on any atom is -0.404 e. The predicted octanol–water partition coefficient (Wildman–Crippen LogP) is 3.28. The normalized spacial score (nSPS) is 21.9. The average Bonchev–Trinajstić information content (AvgIpc) is 3.29. The fourth-order valence-electron chi connectivity index (χ4n) is 5.03. The number of amides is 1. The quantitative estimate of drug-likeness (QED) is 0.611. The van der Waals surface area contributed by atoms with Crippen LogP contribution in [0.4, 0.5) is 19.0 Å². The van der Waals surface area contributed by atoms with E-state index in [2.05, 4.69) is 14.7 Å². The summed E-state index contributed by atoms with van der Waals surface area (Å²) in [5, 5.41) is 0.837. The van der Waals surface area contributed by atoms with E-state index in [1.807, 2.05) is 12.1 Å². The molecule has 3 aliphatic heterocycles. The van der Waals surface area contributed by atoms with Crippen molar-refractivity contribution in [2.45, 2.75) is 38.1 Å². The zero-order chi connectivity index (χ0) is 23.6. The van der Waals surface area contributed by atoms with Crippen molar-refractivity contribution in [3.63, 3.8) is 0 Å². The number of hydrogen-bond donors (Lipinski definition) is 1. The van der Waals surface area contributed by atoms with Crippen molar-refractivity contribution in [2.75, 3.05) is 18.9 Å². The second-order valence-corrected chi connectivity index (χ2v) is 8.56. The second-order valence-electron chi connectivity index (χ2n) is 8.56. The number of nitrogen functional groups attached to an aromatic ring is 1. The summed E-state index contributed by atoms with van der Waals surface area (Å²) in [6.07, 6.45) is -3.25. The zero-order valence-corrected chi connectivity index (χ0v) is 17.8. The lowest BCUT2D eigenvalue weighted by molar-refractivity contribution is -0.274. The van der Waals surface area contributed by atoms with Gasteiger partial charge < -0.3 is 24.8 Å². The van der Waals surface area contributed by atoms with Gasteiger partial charge in [-0.25, -0.2) is 4.98 Å². The number of ether oxygens (including phenoxy) is 3. The van der Waals surface area contributed by atoms with E-state index in [1.54, 1.807) is 4.90 Å². The van der Waals surface area contributed by atoms with Gasteiger partial charge in [0, 0.05) is 16.5 Å². The van der Waals surface area contributed by atoms with Gasteiger partial charge >= 0.3 is 6.36 Å². The molecule has 0 spiro atoms. The van der Waals surface area contributed by atoms with E-state index in [0.29, 0.717) is 43.3 Å². The number of carbonyl (C=O) groups is 1. The van der Waals surface area contributed by atoms with Crippen LogP contribution in [0.5, 0.6) is 5.75 Å². The molecule has 1 saturated heterocycles. The number of alkyl halides is 3. The lowest BCUT2D eigenvalue weighted by Crippen LogP contribution is -2.54. The maximum Gasteiger partial charge on any atom is 0.573 e. The Bertz CT molecular complexity index is 1310. The topological polar surface area (TPSA) is 99.8 Å². The molecule has 5 heterocycles. The monoisotopic (exact) mass is 472 g/mol. The summed E-state index contributed by atoms with van der Waals surface area (Å²) in [5.74, 6) is -0.161. The number of pyridine rings is 2. The van der Waals surface area contributed by atoms with Crippen LogP contribution in [0.1, 0.15) is 38.8 Å². The number of nitrogens with two attached hydrogens (primary N) is 1. The summed E-state index contributed by atoms with van der Waals surface area (Å²) >= 11 is 0. The summed E-state index contributed by atoms with van der Waals surface area (Å²) in [6.45, 7) is 1.34. The molecule has 176 valence electrons. The molecule has 6 rings (SSSR count). The molecule has 1 amide bonds. The zero-order valence-electron chi connectivity index (χ0n) is 17.8. The summed E-state index contributed by atoms with van der Waals surface area (Å²) in [4.78, 5) is 24.1. The van der Waals surface area contributed by atoms with Gasteiger partial charge in [0.05, 0.1) is 55.9 Å². The number of nitrogens with zero attached hydrogens (tertiary/aromatic N) is 3. The highest BCUT2D eigenvalue weighted by atomic mass is 19.4. The molecule has 11 heteroatoms. The SMILES string of the molecule is Nc1nc2cc3c(cc2c2c1COC2)C(=O)N1[C@@H](COC[C@@H]1c1ccc(OC(F)(F)F)cn1)C3. The number of halogens is 3. The van der Waals surface area contributed by atoms with Gasteiger partial charge in [-0.3, -0.25) is 9.78 Å². The fourth-order valence-corrected chi connectivity index (χ4v) is 5.03. The van der Waals surface area contributed by atoms with Gasteiger partial charge in [0.15, 0.2) is 0 Å². The summed E-state index contributed by atoms with van der Waals surface area (Å²) in [5.41, 5.74) is 10.5. The molecule has 34 heavy (non-hydrogen) atoms. The predicted molar refractivity (Wildman–Crippen MR) is 113 cm³/mol. The molecular weight excluding hydrogens is 453 g/mol. The van der Waals surface area contributed by atoms with E-state index < -0.39 is 18.2 Å². The van der Waals surface area contributed by atoms with Gasteiger partial charge in [0.25, 0.3) is 5.91 Å². The Kier molecular flexibility index (Phi) is 4.68. The highest BCUT2D eigenvalue weighted by molar-refractivity contribution is 6.02. The number of aromatic nitrogens is 2. The van der Waals surface area contributed by atoms with Crippen LogP contribution in [0.15, 0.2) is 30.5 Å². The van der Waals surface area contributed by atoms with Crippen LogP contribution in [0.3, 0.4) is 0 Å². The van der Waals surface area contributed by atoms with Gasteiger partial charge in [0.2, 0.25) is 0 Å². The van der Waals surface area contributed by atoms with Crippen LogP contribution < -0.4 is 10.5 Å². The summed E-state index contributed by atoms with van der Waals surface area (Å²) < 4.78 is 52.7. The Labute approximate surface area is 191 Å². The first-order chi connectivity index (χ1) is 16.3. The molecule has 0 bridgehead atoms. The summed E-state index contributed by atoms with van der Waals surface area (Å²) in [6, 6.07) is 5.60. The molecule has 0 unspecified atom stereocenters. The van der Waals surface area contributed by atoms with Crippen molar-refractivity contribution in [3.8, 4) is 5.75 Å². The third kappa shape index (κ3) is 3.43. The Morgan fingerprint density at radius 3 is 2.71 bits per heavy atom. The van der Waals surface area contributed by atoms with Crippen molar-refractivity contribution in [1.29, 1.82) is 0 Å². The first-order valence-electron chi connectivity index (χ1n) is 10.7. The number of morpholine rings is 1. The minimum absolute atomic E-state index is 0.177. The molecule has 2 atom stereocenters. The molecule has 0 radical (unpaired) electrons. The Balaban J connectivity index is 1.37. The number of hydrogen-bond acceptors (Lipinski definition) is 7. The van der Waals surface area contributed by atoms with Gasteiger partial charge in [-0.2, -0.15) is 0 Å². The van der Waals surface area contributed by atoms with E-state index in [0.717, 1.165) is 33.8 Å². The van der Waals surface area contributed by atoms with Crippen molar-refractivity contribution < 1.29 is 32.2 Å². The largest absolute Gasteiger partial charge is 0.573 e. The lowest BCUT2D eigenvalue weighted by Gasteiger charge is -2.44. The molecule has 1 fully saturated rings. The first kappa shape index (κ1) is 21.1. The van der Waals surface area contributed by atoms with Crippen molar-refractivity contribution in [2.24, 2.45) is 0 Å². The summed E-state index contributed by atoms with van der Waals surface area (Å²) in [7, 11) is 0. The molecule has 0 aliphatic carbocycles. The van der Waals surface area contributed by atoms with Gasteiger partial charge in [-0.05, 0) is 41.8 Å². The first-order valence-corrected chi connectivity index (χ1v) is 10.7. The average molecular weight is 472 g/mol. The second kappa shape index (κ2) is 7.54. The number of carbonyl (C=O) groups excluding carboxylic acids is 1. The van der Waals surface area contributed by atoms with Crippen LogP contribution in [-0.2, 0) is 29.1 Å². The Morgan fingerprint density at radius 2 is 1.94 bits per heavy atom. The van der Waals surface area contributed by atoms with Gasteiger partial charge in [-0.1, -0.05) is 0 Å². The van der Waals surface area contributed by atoms with Crippen molar-refractivity contribution in [1.82, 2.24) is 14.9 Å². The third-order valence-corrected chi connectivity index (χ3v) is 6.52. The molecule has 0 saturated carbocycles. The molecule has 3 aromatic rings. The van der Waals surface area contributed by atoms with E-state index >= 15 is 0 Å². The van der Waals surface area contributed by atoms with Crippen LogP contribution in [0, 0.1) is 0 Å². The maximum absolute atomic E-state index is 13.7. The fraction of sp³-hybridized carbons (Fsp3) is 0.348. The van der Waals surface area contributed by atoms with E-state index in [9.17, 15) is 18.0 Å². The van der Waals surface area contributed by atoms with E-state index in [4.69, 9.17) is 15.2 Å². The van der Waals surface area contributed by atoms with E-state index in [1.165, 1.54) is 12.1 Å². The standard InChI is InChI=1S/C23H19F3N4O4/c24-23(25,26)34-13-1-2-18(28-6-13)20-10-32-7-12-3-11-4-19-15(5-14(11)22(31)30(12)20)16-8-33-9-17(16)21(27)29-19/h1-2,4-6,12,20H,3,7-10H2,(H2,27,29)/t12-,20-/m1/s1. The number of fused-ring (bicyclic) bond motifs is 5. The highest BCUT2D eigenvalue weighted by Gasteiger charge is 2.41. The highest BCUT2D eigenvalue weighted by Crippen LogP contribution is 2.38. The lowest BCUT2D eigenvalue weighted by atomic mass is 9.88. The molecule has 1 aromatic carbocycles. The van der Waals surface area contributed by atoms with Gasteiger partial charge in [-0.15, -0.1) is 13.2 Å². The van der Waals surface area contributed by atoms with Crippen LogP contribution in [0.2, 0.25) is 0 Å². The number of anilines is 1. The van der Waals surface area contributed by atoms with Crippen molar-refractivity contribution >= 4 is 22.6 Å². The molecule has 2 N–H and O–H groups in total. The molecular formula is C23H19F3N4O4. The minimum atomic E-state index is -4.80. The van der Waals surface area contributed by atoms with E-state index in [-0.39, 0.29) is 18.6 Å². The van der Waals surface area contributed by atoms with Crippen LogP contribution in [-0.4, -0.2) is 46.4 Å². The van der Waals surface area contributed by atoms with Gasteiger partial charge in [0.1, 0.15) is 11.6 Å². The molecule has 2 aromatic heterocycles. The van der Waals surface area contributed by atoms with Crippen LogP contribution >= 0.6 is 0 Å². The van der Waals surface area contributed by atoms with Crippen molar-refractivity contribution in [3.05, 3.63) is 58.4 Å². The molecule has 8 nitrogen and oxygen atoms in total. The van der Waals surface area contributed by atoms with Crippen LogP contribution in [0.25, 0.3) is 10.9 Å². The number of rotatable bonds is 2. The Hall–Kier alpha value is -3.44. The Morgan fingerprint density at radius 1 is 1.12 bits per heavy atom. The third-order valence-electron chi connectivity index (χ3n) is 6.52. The molecule has 3 aliphatic rings. The number of benzene rings is 1.